The zero-order chi connectivity index (χ0) is 7.40. The second kappa shape index (κ2) is 3.65. The molecule has 1 nitrogen and oxygen atoms in total. The topological polar surface area (TPSA) is 9.23 Å². The van der Waals surface area contributed by atoms with Crippen LogP contribution in [0.2, 0.25) is 0 Å². The van der Waals surface area contributed by atoms with Gasteiger partial charge in [-0.3, -0.25) is 0 Å². The normalized spacial score (nSPS) is 24.9. The summed E-state index contributed by atoms with van der Waals surface area (Å²) < 4.78 is 5.27. The van der Waals surface area contributed by atoms with E-state index in [1.807, 2.05) is 0 Å². The Bertz CT molecular complexity index is 118. The molecule has 0 aromatic carbocycles. The van der Waals surface area contributed by atoms with Crippen molar-refractivity contribution in [1.29, 1.82) is 0 Å². The molecule has 0 bridgehead atoms. The van der Waals surface area contributed by atoms with Crippen molar-refractivity contribution in [3.63, 3.8) is 0 Å². The van der Waals surface area contributed by atoms with E-state index in [0.29, 0.717) is 5.92 Å². The number of hydrogen-bond acceptors (Lipinski definition) is 1. The van der Waals surface area contributed by atoms with Crippen molar-refractivity contribution in [3.8, 4) is 0 Å². The fourth-order valence-electron chi connectivity index (χ4n) is 1.37. The summed E-state index contributed by atoms with van der Waals surface area (Å²) in [6.07, 6.45) is 5.06. The van der Waals surface area contributed by atoms with Crippen molar-refractivity contribution in [1.82, 2.24) is 0 Å². The number of rotatable bonds is 3. The van der Waals surface area contributed by atoms with Crippen LogP contribution in [0.4, 0.5) is 0 Å². The van der Waals surface area contributed by atoms with Crippen LogP contribution >= 0.6 is 0 Å². The maximum Gasteiger partial charge on any atom is 0.0920 e. The lowest BCUT2D eigenvalue weighted by Crippen LogP contribution is -1.95. The van der Waals surface area contributed by atoms with Crippen LogP contribution in [0.3, 0.4) is 0 Å². The maximum atomic E-state index is 5.27. The maximum absolute atomic E-state index is 5.27. The molecule has 0 aliphatic carbocycles. The first-order valence-corrected chi connectivity index (χ1v) is 4.16. The van der Waals surface area contributed by atoms with E-state index in [-0.39, 0.29) is 0 Å². The van der Waals surface area contributed by atoms with Crippen molar-refractivity contribution in [2.45, 2.75) is 32.6 Å². The molecule has 0 aromatic rings. The summed E-state index contributed by atoms with van der Waals surface area (Å²) in [7, 11) is 0. The van der Waals surface area contributed by atoms with E-state index < -0.39 is 0 Å². The van der Waals surface area contributed by atoms with Gasteiger partial charge in [-0.15, -0.1) is 0 Å². The van der Waals surface area contributed by atoms with Crippen LogP contribution in [-0.2, 0) is 4.74 Å². The third-order valence-corrected chi connectivity index (χ3v) is 2.12. The first kappa shape index (κ1) is 7.64. The minimum Gasteiger partial charge on any atom is -0.498 e. The molecule has 1 rings (SSSR count). The summed E-state index contributed by atoms with van der Waals surface area (Å²) in [6, 6.07) is 0. The number of ether oxygens (including phenoxy) is 1. The molecule has 0 radical (unpaired) electrons. The van der Waals surface area contributed by atoms with Crippen molar-refractivity contribution < 1.29 is 4.74 Å². The summed E-state index contributed by atoms with van der Waals surface area (Å²) in [5.74, 6) is 1.69. The van der Waals surface area contributed by atoms with Gasteiger partial charge >= 0.3 is 0 Å². The third-order valence-electron chi connectivity index (χ3n) is 2.12. The lowest BCUT2D eigenvalue weighted by molar-refractivity contribution is 0.259. The van der Waals surface area contributed by atoms with Crippen LogP contribution in [0, 0.1) is 5.92 Å². The lowest BCUT2D eigenvalue weighted by Gasteiger charge is -2.06. The van der Waals surface area contributed by atoms with E-state index >= 15 is 0 Å². The molecule has 1 unspecified atom stereocenters. The molecule has 1 aliphatic rings. The quantitative estimate of drug-likeness (QED) is 0.585. The molecule has 1 atom stereocenters. The Balaban J connectivity index is 2.20. The Morgan fingerprint density at radius 3 is 3.00 bits per heavy atom. The Morgan fingerprint density at radius 2 is 2.50 bits per heavy atom. The first-order valence-electron chi connectivity index (χ1n) is 4.16. The summed E-state index contributed by atoms with van der Waals surface area (Å²) in [6.45, 7) is 6.98. The summed E-state index contributed by atoms with van der Waals surface area (Å²) in [4.78, 5) is 0. The predicted octanol–water partition coefficient (Wildman–Crippen LogP) is 2.73. The highest BCUT2D eigenvalue weighted by molar-refractivity contribution is 4.95. The highest BCUT2D eigenvalue weighted by Crippen LogP contribution is 2.27. The number of hydrogen-bond donors (Lipinski definition) is 0. The average molecular weight is 140 g/mol. The van der Waals surface area contributed by atoms with Crippen LogP contribution in [-0.4, -0.2) is 6.61 Å². The van der Waals surface area contributed by atoms with Crippen LogP contribution in [0.25, 0.3) is 0 Å². The molecule has 0 saturated carbocycles. The van der Waals surface area contributed by atoms with E-state index in [1.165, 1.54) is 25.7 Å². The predicted molar refractivity (Wildman–Crippen MR) is 42.7 cm³/mol. The molecule has 0 N–H and O–H groups in total. The van der Waals surface area contributed by atoms with Gasteiger partial charge in [-0.25, -0.2) is 0 Å². The molecule has 1 saturated heterocycles. The second-order valence-corrected chi connectivity index (χ2v) is 2.94. The van der Waals surface area contributed by atoms with Gasteiger partial charge in [0.05, 0.1) is 12.4 Å². The van der Waals surface area contributed by atoms with Crippen LogP contribution in [0.1, 0.15) is 32.6 Å². The molecule has 58 valence electrons. The minimum absolute atomic E-state index is 0.667. The SMILES string of the molecule is C=C1OCCC1CCCC. The molecule has 0 aromatic heterocycles. The van der Waals surface area contributed by atoms with Gasteiger partial charge < -0.3 is 4.74 Å². The van der Waals surface area contributed by atoms with Gasteiger partial charge in [-0.1, -0.05) is 26.3 Å². The molecule has 1 heterocycles. The van der Waals surface area contributed by atoms with Gasteiger partial charge in [-0.05, 0) is 12.8 Å². The van der Waals surface area contributed by atoms with E-state index in [1.54, 1.807) is 0 Å². The monoisotopic (exact) mass is 140 g/mol. The fraction of sp³-hybridized carbons (Fsp3) is 0.778. The Hall–Kier alpha value is -0.460. The number of allylic oxidation sites excluding steroid dienone is 1. The molecule has 1 fully saturated rings. The molecule has 1 heteroatoms. The third kappa shape index (κ3) is 1.76. The van der Waals surface area contributed by atoms with Gasteiger partial charge in [0.15, 0.2) is 0 Å². The van der Waals surface area contributed by atoms with Crippen molar-refractivity contribution in [2.24, 2.45) is 5.92 Å². The van der Waals surface area contributed by atoms with Gasteiger partial charge in [-0.2, -0.15) is 0 Å². The molecule has 0 amide bonds. The van der Waals surface area contributed by atoms with E-state index in [9.17, 15) is 0 Å². The highest BCUT2D eigenvalue weighted by Gasteiger charge is 2.19. The standard InChI is InChI=1S/C9H16O/c1-3-4-5-9-6-7-10-8(9)2/h9H,2-7H2,1H3. The zero-order valence-electron chi connectivity index (χ0n) is 6.73. The smallest absolute Gasteiger partial charge is 0.0920 e. The summed E-state index contributed by atoms with van der Waals surface area (Å²) in [5.41, 5.74) is 0. The second-order valence-electron chi connectivity index (χ2n) is 2.94. The molecule has 10 heavy (non-hydrogen) atoms. The largest absolute Gasteiger partial charge is 0.498 e. The Morgan fingerprint density at radius 1 is 1.70 bits per heavy atom. The fourth-order valence-corrected chi connectivity index (χ4v) is 1.37. The van der Waals surface area contributed by atoms with E-state index in [0.717, 1.165) is 12.4 Å². The highest BCUT2D eigenvalue weighted by atomic mass is 16.5. The van der Waals surface area contributed by atoms with Crippen LogP contribution < -0.4 is 0 Å². The summed E-state index contributed by atoms with van der Waals surface area (Å²) in [5, 5.41) is 0. The number of unbranched alkanes of at least 4 members (excludes halogenated alkanes) is 1. The van der Waals surface area contributed by atoms with E-state index in [4.69, 9.17) is 4.74 Å². The molecular formula is C9H16O. The molecule has 0 spiro atoms. The minimum atomic E-state index is 0.667. The van der Waals surface area contributed by atoms with Crippen molar-refractivity contribution in [2.75, 3.05) is 6.61 Å². The molecule has 1 aliphatic heterocycles. The molecular weight excluding hydrogens is 124 g/mol. The van der Waals surface area contributed by atoms with Gasteiger partial charge in [0.2, 0.25) is 0 Å². The van der Waals surface area contributed by atoms with E-state index in [2.05, 4.69) is 13.5 Å². The Labute approximate surface area is 63.1 Å². The average Bonchev–Trinajstić information content (AvgIpc) is 2.31. The van der Waals surface area contributed by atoms with Crippen LogP contribution in [0.5, 0.6) is 0 Å². The summed E-state index contributed by atoms with van der Waals surface area (Å²) >= 11 is 0. The Kier molecular flexibility index (Phi) is 2.79. The van der Waals surface area contributed by atoms with Crippen molar-refractivity contribution in [3.05, 3.63) is 12.3 Å². The van der Waals surface area contributed by atoms with Gasteiger partial charge in [0.25, 0.3) is 0 Å². The van der Waals surface area contributed by atoms with Crippen LogP contribution in [0.15, 0.2) is 12.3 Å². The van der Waals surface area contributed by atoms with Crippen molar-refractivity contribution >= 4 is 0 Å². The lowest BCUT2D eigenvalue weighted by atomic mass is 10.00. The zero-order valence-corrected chi connectivity index (χ0v) is 6.73. The first-order chi connectivity index (χ1) is 4.84. The van der Waals surface area contributed by atoms with Gasteiger partial charge in [0, 0.05) is 5.92 Å². The van der Waals surface area contributed by atoms with Gasteiger partial charge in [0.1, 0.15) is 0 Å².